The standard InChI is InChI=1S/C23H31N5O4S2/c1-3-32-20(29)16-4-5-17(19-24-8-13-34-19)25-18(16)14-27-9-11-28(12-10-27)22(33)26(2)15-23(6-7-23)21(30)31/h5,8,13,25H,3-4,6-7,9-12,14-15H2,1-2H3,(H,30,31). The molecule has 9 nitrogen and oxygen atoms in total. The molecule has 0 unspecified atom stereocenters. The molecule has 0 spiro atoms. The maximum absolute atomic E-state index is 12.6. The van der Waals surface area contributed by atoms with Gasteiger partial charge in [-0.25, -0.2) is 9.78 Å². The third kappa shape index (κ3) is 5.42. The second-order valence-corrected chi connectivity index (χ2v) is 10.2. The van der Waals surface area contributed by atoms with Crippen LogP contribution in [0, 0.1) is 5.41 Å². The van der Waals surface area contributed by atoms with Gasteiger partial charge in [0, 0.05) is 70.0 Å². The molecule has 1 saturated carbocycles. The summed E-state index contributed by atoms with van der Waals surface area (Å²) in [7, 11) is 1.88. The van der Waals surface area contributed by atoms with Crippen LogP contribution in [0.5, 0.6) is 0 Å². The molecule has 184 valence electrons. The van der Waals surface area contributed by atoms with E-state index in [0.717, 1.165) is 42.6 Å². The normalized spacial score (nSPS) is 19.8. The highest BCUT2D eigenvalue weighted by Crippen LogP contribution is 2.46. The number of aliphatic carboxylic acids is 1. The predicted octanol–water partition coefficient (Wildman–Crippen LogP) is 1.99. The van der Waals surface area contributed by atoms with Crippen LogP contribution in [0.2, 0.25) is 0 Å². The van der Waals surface area contributed by atoms with Crippen molar-refractivity contribution in [3.63, 3.8) is 0 Å². The molecular weight excluding hydrogens is 474 g/mol. The van der Waals surface area contributed by atoms with Crippen LogP contribution in [0.25, 0.3) is 5.70 Å². The summed E-state index contributed by atoms with van der Waals surface area (Å²) in [5.41, 5.74) is 1.80. The number of rotatable bonds is 8. The number of dihydropyridines is 1. The highest BCUT2D eigenvalue weighted by Gasteiger charge is 2.51. The number of hydrogen-bond donors (Lipinski definition) is 2. The Balaban J connectivity index is 1.36. The third-order valence-corrected chi connectivity index (χ3v) is 7.92. The lowest BCUT2D eigenvalue weighted by atomic mass is 10.0. The van der Waals surface area contributed by atoms with Crippen molar-refractivity contribution in [2.75, 3.05) is 52.9 Å². The lowest BCUT2D eigenvalue weighted by Gasteiger charge is -2.39. The summed E-state index contributed by atoms with van der Waals surface area (Å²) in [6.07, 6.45) is 5.70. The van der Waals surface area contributed by atoms with Crippen LogP contribution >= 0.6 is 23.6 Å². The molecule has 3 aliphatic rings. The van der Waals surface area contributed by atoms with Gasteiger partial charge in [-0.15, -0.1) is 11.3 Å². The number of hydrogen-bond acceptors (Lipinski definition) is 8. The van der Waals surface area contributed by atoms with E-state index in [-0.39, 0.29) is 5.97 Å². The van der Waals surface area contributed by atoms with E-state index >= 15 is 0 Å². The molecule has 1 aliphatic carbocycles. The molecule has 0 bridgehead atoms. The number of ether oxygens (including phenoxy) is 1. The molecule has 0 atom stereocenters. The number of thiazole rings is 1. The Hall–Kier alpha value is -2.50. The van der Waals surface area contributed by atoms with Gasteiger partial charge in [-0.2, -0.15) is 0 Å². The van der Waals surface area contributed by atoms with Crippen molar-refractivity contribution < 1.29 is 19.4 Å². The van der Waals surface area contributed by atoms with Crippen molar-refractivity contribution in [3.8, 4) is 0 Å². The van der Waals surface area contributed by atoms with Gasteiger partial charge in [0.1, 0.15) is 5.01 Å². The predicted molar refractivity (Wildman–Crippen MR) is 134 cm³/mol. The van der Waals surface area contributed by atoms with E-state index < -0.39 is 11.4 Å². The molecule has 34 heavy (non-hydrogen) atoms. The van der Waals surface area contributed by atoms with Gasteiger partial charge in [0.2, 0.25) is 0 Å². The molecule has 0 aromatic carbocycles. The molecule has 2 aliphatic heterocycles. The minimum atomic E-state index is -0.733. The van der Waals surface area contributed by atoms with E-state index in [9.17, 15) is 14.7 Å². The van der Waals surface area contributed by atoms with Gasteiger partial charge in [-0.05, 0) is 32.0 Å². The number of nitrogens with one attached hydrogen (secondary N) is 1. The van der Waals surface area contributed by atoms with Crippen LogP contribution in [0.3, 0.4) is 0 Å². The summed E-state index contributed by atoms with van der Waals surface area (Å²) in [4.78, 5) is 34.8. The first-order valence-electron chi connectivity index (χ1n) is 11.5. The Morgan fingerprint density at radius 3 is 2.65 bits per heavy atom. The summed E-state index contributed by atoms with van der Waals surface area (Å²) in [6, 6.07) is 0. The summed E-state index contributed by atoms with van der Waals surface area (Å²) >= 11 is 7.22. The van der Waals surface area contributed by atoms with Crippen molar-refractivity contribution in [2.45, 2.75) is 26.2 Å². The number of piperazine rings is 1. The molecule has 4 rings (SSSR count). The largest absolute Gasteiger partial charge is 0.481 e. The van der Waals surface area contributed by atoms with Gasteiger partial charge in [0.15, 0.2) is 5.11 Å². The first-order valence-corrected chi connectivity index (χ1v) is 12.8. The van der Waals surface area contributed by atoms with E-state index in [1.54, 1.807) is 17.5 Å². The molecule has 3 heterocycles. The van der Waals surface area contributed by atoms with E-state index in [2.05, 4.69) is 20.1 Å². The lowest BCUT2D eigenvalue weighted by Crippen LogP contribution is -2.53. The molecule has 1 aromatic heterocycles. The number of carbonyl (C=O) groups is 2. The van der Waals surface area contributed by atoms with E-state index in [1.807, 2.05) is 30.3 Å². The van der Waals surface area contributed by atoms with Gasteiger partial charge in [0.05, 0.1) is 23.3 Å². The molecule has 2 N–H and O–H groups in total. The van der Waals surface area contributed by atoms with Crippen molar-refractivity contribution in [1.29, 1.82) is 0 Å². The molecule has 11 heteroatoms. The SMILES string of the molecule is CCOC(=O)C1=C(CN2CCN(C(=S)N(C)CC3(C(=O)O)CC3)CC2)NC(c2nccs2)=CC1. The first-order chi connectivity index (χ1) is 16.3. The van der Waals surface area contributed by atoms with Crippen LogP contribution in [0.4, 0.5) is 0 Å². The highest BCUT2D eigenvalue weighted by molar-refractivity contribution is 7.80. The Bertz CT molecular complexity index is 995. The first kappa shape index (κ1) is 24.6. The molecule has 1 aromatic rings. The number of aromatic nitrogens is 1. The number of carbonyl (C=O) groups excluding carboxylic acids is 1. The lowest BCUT2D eigenvalue weighted by molar-refractivity contribution is -0.143. The van der Waals surface area contributed by atoms with Crippen molar-refractivity contribution in [1.82, 2.24) is 25.0 Å². The van der Waals surface area contributed by atoms with Crippen molar-refractivity contribution in [3.05, 3.63) is 33.9 Å². The number of allylic oxidation sites excluding steroid dienone is 1. The monoisotopic (exact) mass is 505 g/mol. The number of carboxylic acids is 1. The van der Waals surface area contributed by atoms with Crippen LogP contribution in [0.15, 0.2) is 28.9 Å². The zero-order valence-corrected chi connectivity index (χ0v) is 21.2. The molecule has 0 radical (unpaired) electrons. The smallest absolute Gasteiger partial charge is 0.336 e. The van der Waals surface area contributed by atoms with Gasteiger partial charge < -0.3 is 25.0 Å². The maximum atomic E-state index is 12.6. The van der Waals surface area contributed by atoms with Gasteiger partial charge in [-0.1, -0.05) is 6.08 Å². The fourth-order valence-corrected chi connectivity index (χ4v) is 5.23. The molecule has 1 saturated heterocycles. The number of nitrogens with zero attached hydrogens (tertiary/aromatic N) is 4. The van der Waals surface area contributed by atoms with Gasteiger partial charge in [-0.3, -0.25) is 9.69 Å². The van der Waals surface area contributed by atoms with E-state index in [1.165, 1.54) is 0 Å². The van der Waals surface area contributed by atoms with Crippen LogP contribution in [-0.4, -0.2) is 94.8 Å². The average Bonchev–Trinajstić information content (AvgIpc) is 3.40. The Kier molecular flexibility index (Phi) is 7.54. The second-order valence-electron chi connectivity index (χ2n) is 8.95. The van der Waals surface area contributed by atoms with Gasteiger partial charge in [0.25, 0.3) is 0 Å². The third-order valence-electron chi connectivity index (χ3n) is 6.54. The summed E-state index contributed by atoms with van der Waals surface area (Å²) < 4.78 is 5.29. The van der Waals surface area contributed by atoms with Crippen LogP contribution in [0.1, 0.15) is 31.2 Å². The van der Waals surface area contributed by atoms with Crippen molar-refractivity contribution >= 4 is 46.3 Å². The Morgan fingerprint density at radius 1 is 1.32 bits per heavy atom. The van der Waals surface area contributed by atoms with E-state index in [4.69, 9.17) is 17.0 Å². The summed E-state index contributed by atoms with van der Waals surface area (Å²) in [5.74, 6) is -1.02. The molecule has 0 amide bonds. The van der Waals surface area contributed by atoms with Crippen LogP contribution < -0.4 is 5.32 Å². The second kappa shape index (κ2) is 10.4. The number of esters is 1. The Morgan fingerprint density at radius 2 is 2.06 bits per heavy atom. The summed E-state index contributed by atoms with van der Waals surface area (Å²) in [5, 5.41) is 16.4. The topological polar surface area (TPSA) is 98.2 Å². The van der Waals surface area contributed by atoms with Crippen LogP contribution in [-0.2, 0) is 14.3 Å². The molecule has 2 fully saturated rings. The zero-order chi connectivity index (χ0) is 24.3. The average molecular weight is 506 g/mol. The minimum Gasteiger partial charge on any atom is -0.481 e. The fourth-order valence-electron chi connectivity index (χ4n) is 4.35. The number of thiocarbonyl (C=S) groups is 1. The zero-order valence-electron chi connectivity index (χ0n) is 19.6. The fraction of sp³-hybridized carbons (Fsp3) is 0.565. The van der Waals surface area contributed by atoms with E-state index in [0.29, 0.717) is 49.6 Å². The highest BCUT2D eigenvalue weighted by atomic mass is 32.1. The minimum absolute atomic E-state index is 0.284. The number of carboxylic acid groups (broad SMARTS) is 1. The quantitative estimate of drug-likeness (QED) is 0.403. The van der Waals surface area contributed by atoms with Gasteiger partial charge >= 0.3 is 11.9 Å². The molecular formula is C23H31N5O4S2. The Labute approximate surface area is 209 Å². The van der Waals surface area contributed by atoms with Crippen molar-refractivity contribution in [2.24, 2.45) is 5.41 Å². The maximum Gasteiger partial charge on any atom is 0.336 e. The summed E-state index contributed by atoms with van der Waals surface area (Å²) in [6.45, 7) is 6.28.